The van der Waals surface area contributed by atoms with Crippen LogP contribution >= 0.6 is 0 Å². The van der Waals surface area contributed by atoms with Crippen molar-refractivity contribution < 1.29 is 19.0 Å². The van der Waals surface area contributed by atoms with Gasteiger partial charge in [-0.1, -0.05) is 123 Å². The van der Waals surface area contributed by atoms with Crippen molar-refractivity contribution in [2.24, 2.45) is 0 Å². The second kappa shape index (κ2) is 28.4. The van der Waals surface area contributed by atoms with Crippen molar-refractivity contribution in [3.8, 4) is 0 Å². The van der Waals surface area contributed by atoms with Crippen molar-refractivity contribution in [1.82, 2.24) is 0 Å². The first-order valence-corrected chi connectivity index (χ1v) is 14.1. The molecule has 0 heterocycles. The second-order valence-electron chi connectivity index (χ2n) is 9.21. The zero-order valence-electron chi connectivity index (χ0n) is 21.8. The average Bonchev–Trinajstić information content (AvgIpc) is 2.80. The number of carbonyl (C=O) groups is 1. The maximum Gasteiger partial charge on any atom is 0.305 e. The summed E-state index contributed by atoms with van der Waals surface area (Å²) < 4.78 is 16.3. The Hall–Kier alpha value is -0.610. The summed E-state index contributed by atoms with van der Waals surface area (Å²) in [7, 11) is 0. The quantitative estimate of drug-likeness (QED) is 0.0919. The Labute approximate surface area is 200 Å². The van der Waals surface area contributed by atoms with Gasteiger partial charge in [-0.15, -0.1) is 0 Å². The minimum absolute atomic E-state index is 0.0891. The summed E-state index contributed by atoms with van der Waals surface area (Å²) in [5.74, 6) is -0.0891. The molecule has 0 fully saturated rings. The smallest absolute Gasteiger partial charge is 0.305 e. The lowest BCUT2D eigenvalue weighted by Crippen LogP contribution is -2.13. The number of esters is 1. The van der Waals surface area contributed by atoms with E-state index in [-0.39, 0.29) is 5.97 Å². The van der Waals surface area contributed by atoms with E-state index in [1.807, 2.05) is 0 Å². The first-order valence-electron chi connectivity index (χ1n) is 14.1. The topological polar surface area (TPSA) is 44.8 Å². The summed E-state index contributed by atoms with van der Waals surface area (Å²) >= 11 is 0. The van der Waals surface area contributed by atoms with Gasteiger partial charge in [0, 0.05) is 13.0 Å². The van der Waals surface area contributed by atoms with Gasteiger partial charge in [0.25, 0.3) is 0 Å². The van der Waals surface area contributed by atoms with E-state index < -0.39 is 0 Å². The van der Waals surface area contributed by atoms with E-state index in [1.165, 1.54) is 103 Å². The lowest BCUT2D eigenvalue weighted by Gasteiger charge is -2.07. The molecule has 4 heteroatoms. The lowest BCUT2D eigenvalue weighted by atomic mass is 10.1. The Kier molecular flexibility index (Phi) is 27.9. The molecule has 32 heavy (non-hydrogen) atoms. The van der Waals surface area contributed by atoms with Gasteiger partial charge in [-0.05, 0) is 12.8 Å². The predicted molar refractivity (Wildman–Crippen MR) is 136 cm³/mol. The van der Waals surface area contributed by atoms with Crippen LogP contribution in [0.2, 0.25) is 0 Å². The summed E-state index contributed by atoms with van der Waals surface area (Å²) in [6.45, 7) is 7.37. The molecule has 0 radical (unpaired) electrons. The van der Waals surface area contributed by atoms with Crippen molar-refractivity contribution in [3.63, 3.8) is 0 Å². The minimum Gasteiger partial charge on any atom is -0.463 e. The molecule has 0 N–H and O–H groups in total. The standard InChI is InChI=1S/C28H56O4/c1-3-5-7-9-11-13-15-17-19-21-23-30-24-25-31-26-27-32-28(29)22-20-18-16-14-12-10-8-6-4-2/h3-27H2,1-2H3. The third-order valence-electron chi connectivity index (χ3n) is 5.99. The Morgan fingerprint density at radius 1 is 0.438 bits per heavy atom. The van der Waals surface area contributed by atoms with Gasteiger partial charge in [0.05, 0.1) is 19.8 Å². The molecule has 0 aliphatic heterocycles. The summed E-state index contributed by atoms with van der Waals surface area (Å²) in [5.41, 5.74) is 0. The molecular formula is C28H56O4. The molecule has 0 atom stereocenters. The van der Waals surface area contributed by atoms with Crippen LogP contribution in [0.25, 0.3) is 0 Å². The van der Waals surface area contributed by atoms with Crippen molar-refractivity contribution in [1.29, 1.82) is 0 Å². The van der Waals surface area contributed by atoms with Crippen molar-refractivity contribution in [2.75, 3.05) is 33.0 Å². The number of rotatable bonds is 27. The van der Waals surface area contributed by atoms with E-state index in [1.54, 1.807) is 0 Å². The normalized spacial score (nSPS) is 11.2. The first-order chi connectivity index (χ1) is 15.8. The average molecular weight is 457 g/mol. The van der Waals surface area contributed by atoms with Gasteiger partial charge < -0.3 is 14.2 Å². The van der Waals surface area contributed by atoms with Crippen molar-refractivity contribution in [3.05, 3.63) is 0 Å². The molecule has 4 nitrogen and oxygen atoms in total. The van der Waals surface area contributed by atoms with E-state index in [0.29, 0.717) is 32.8 Å². The van der Waals surface area contributed by atoms with Crippen LogP contribution in [-0.2, 0) is 19.0 Å². The maximum absolute atomic E-state index is 11.7. The molecular weight excluding hydrogens is 400 g/mol. The zero-order valence-corrected chi connectivity index (χ0v) is 21.8. The number of unbranched alkanes of at least 4 members (excludes halogenated alkanes) is 17. The van der Waals surface area contributed by atoms with Crippen LogP contribution in [-0.4, -0.2) is 39.0 Å². The molecule has 0 bridgehead atoms. The summed E-state index contributed by atoms with van der Waals surface area (Å²) in [5, 5.41) is 0. The Balaban J connectivity index is 3.12. The molecule has 0 aromatic heterocycles. The Bertz CT molecular complexity index is 359. The maximum atomic E-state index is 11.7. The molecule has 0 aromatic carbocycles. The van der Waals surface area contributed by atoms with E-state index in [0.717, 1.165) is 25.9 Å². The largest absolute Gasteiger partial charge is 0.463 e. The summed E-state index contributed by atoms with van der Waals surface area (Å²) in [6.07, 6.45) is 25.4. The Morgan fingerprint density at radius 2 is 0.812 bits per heavy atom. The van der Waals surface area contributed by atoms with Crippen LogP contribution in [0.4, 0.5) is 0 Å². The van der Waals surface area contributed by atoms with E-state index >= 15 is 0 Å². The number of carbonyl (C=O) groups excluding carboxylic acids is 1. The lowest BCUT2D eigenvalue weighted by molar-refractivity contribution is -0.145. The third kappa shape index (κ3) is 27.4. The van der Waals surface area contributed by atoms with Crippen LogP contribution in [0.3, 0.4) is 0 Å². The van der Waals surface area contributed by atoms with Gasteiger partial charge in [-0.3, -0.25) is 4.79 Å². The highest BCUT2D eigenvalue weighted by Crippen LogP contribution is 2.11. The van der Waals surface area contributed by atoms with E-state index in [4.69, 9.17) is 14.2 Å². The molecule has 0 spiro atoms. The van der Waals surface area contributed by atoms with Crippen LogP contribution < -0.4 is 0 Å². The molecule has 0 aliphatic rings. The molecule has 0 rings (SSSR count). The van der Waals surface area contributed by atoms with Crippen LogP contribution in [0, 0.1) is 0 Å². The highest BCUT2D eigenvalue weighted by atomic mass is 16.6. The van der Waals surface area contributed by atoms with E-state index in [9.17, 15) is 4.79 Å². The molecule has 0 unspecified atom stereocenters. The third-order valence-corrected chi connectivity index (χ3v) is 5.99. The molecule has 0 aliphatic carbocycles. The van der Waals surface area contributed by atoms with Crippen LogP contribution in [0.5, 0.6) is 0 Å². The second-order valence-corrected chi connectivity index (χ2v) is 9.21. The molecule has 0 saturated carbocycles. The van der Waals surface area contributed by atoms with Gasteiger partial charge in [-0.2, -0.15) is 0 Å². The zero-order chi connectivity index (χ0) is 23.4. The van der Waals surface area contributed by atoms with Gasteiger partial charge in [0.2, 0.25) is 0 Å². The molecule has 192 valence electrons. The predicted octanol–water partition coefficient (Wildman–Crippen LogP) is 8.40. The number of hydrogen-bond acceptors (Lipinski definition) is 4. The first kappa shape index (κ1) is 31.4. The molecule has 0 saturated heterocycles. The molecule has 0 aromatic rings. The minimum atomic E-state index is -0.0891. The van der Waals surface area contributed by atoms with Crippen LogP contribution in [0.15, 0.2) is 0 Å². The highest BCUT2D eigenvalue weighted by molar-refractivity contribution is 5.69. The van der Waals surface area contributed by atoms with E-state index in [2.05, 4.69) is 13.8 Å². The SMILES string of the molecule is CCCCCCCCCCCCOCCOCCOC(=O)CCCCCCCCCCC. The van der Waals surface area contributed by atoms with Crippen molar-refractivity contribution in [2.45, 2.75) is 142 Å². The fourth-order valence-electron chi connectivity index (χ4n) is 3.88. The van der Waals surface area contributed by atoms with Crippen molar-refractivity contribution >= 4 is 5.97 Å². The van der Waals surface area contributed by atoms with Crippen LogP contribution in [0.1, 0.15) is 142 Å². The fraction of sp³-hybridized carbons (Fsp3) is 0.964. The Morgan fingerprint density at radius 3 is 1.31 bits per heavy atom. The monoisotopic (exact) mass is 456 g/mol. The fourth-order valence-corrected chi connectivity index (χ4v) is 3.88. The number of ether oxygens (including phenoxy) is 3. The van der Waals surface area contributed by atoms with Gasteiger partial charge in [0.15, 0.2) is 0 Å². The van der Waals surface area contributed by atoms with Gasteiger partial charge >= 0.3 is 5.97 Å². The summed E-state index contributed by atoms with van der Waals surface area (Å²) in [4.78, 5) is 11.7. The highest BCUT2D eigenvalue weighted by Gasteiger charge is 2.02. The van der Waals surface area contributed by atoms with Gasteiger partial charge in [0.1, 0.15) is 6.61 Å². The van der Waals surface area contributed by atoms with Gasteiger partial charge in [-0.25, -0.2) is 0 Å². The summed E-state index contributed by atoms with van der Waals surface area (Å²) in [6, 6.07) is 0. The number of hydrogen-bond donors (Lipinski definition) is 0. The molecule has 0 amide bonds.